The number of nitrogens with two attached hydrogens (primary N) is 1. The molecule has 0 aliphatic carbocycles. The number of nitrogens with one attached hydrogen (secondary N) is 1. The first kappa shape index (κ1) is 11.3. The number of halogens is 1. The zero-order valence-corrected chi connectivity index (χ0v) is 9.23. The molecule has 80 valence electrons. The Morgan fingerprint density at radius 3 is 3.07 bits per heavy atom. The van der Waals surface area contributed by atoms with E-state index in [2.05, 4.69) is 22.0 Å². The van der Waals surface area contributed by atoms with Gasteiger partial charge in [0.05, 0.1) is 0 Å². The first-order valence-electron chi connectivity index (χ1n) is 4.85. The molecule has 1 aromatic heterocycles. The minimum Gasteiger partial charge on any atom is -0.382 e. The maximum Gasteiger partial charge on any atom is 0.149 e. The van der Waals surface area contributed by atoms with Crippen molar-refractivity contribution in [1.82, 2.24) is 15.1 Å². The van der Waals surface area contributed by atoms with E-state index < -0.39 is 0 Å². The molecule has 2 heterocycles. The second kappa shape index (κ2) is 4.66. The zero-order valence-electron chi connectivity index (χ0n) is 8.42. The molecule has 4 nitrogen and oxygen atoms in total. The third kappa shape index (κ3) is 2.01. The highest BCUT2D eigenvalue weighted by Crippen LogP contribution is 2.21. The highest BCUT2D eigenvalue weighted by Gasteiger charge is 2.19. The fourth-order valence-electron chi connectivity index (χ4n) is 1.88. The molecule has 0 spiro atoms. The first-order chi connectivity index (χ1) is 6.31. The van der Waals surface area contributed by atoms with E-state index in [1.54, 1.807) is 0 Å². The van der Waals surface area contributed by atoms with Gasteiger partial charge in [-0.25, -0.2) is 0 Å². The van der Waals surface area contributed by atoms with Crippen LogP contribution in [0.15, 0.2) is 0 Å². The summed E-state index contributed by atoms with van der Waals surface area (Å²) in [5.74, 6) is 0.677. The highest BCUT2D eigenvalue weighted by atomic mass is 35.5. The van der Waals surface area contributed by atoms with E-state index in [0.29, 0.717) is 5.82 Å². The molecule has 0 amide bonds. The lowest BCUT2D eigenvalue weighted by molar-refractivity contribution is 0.254. The van der Waals surface area contributed by atoms with Crippen molar-refractivity contribution in [2.45, 2.75) is 26.3 Å². The molecule has 0 atom stereocenters. The Morgan fingerprint density at radius 2 is 2.36 bits per heavy atom. The molecule has 2 rings (SSSR count). The van der Waals surface area contributed by atoms with Crippen molar-refractivity contribution in [3.05, 3.63) is 11.3 Å². The van der Waals surface area contributed by atoms with Crippen molar-refractivity contribution in [1.29, 1.82) is 0 Å². The van der Waals surface area contributed by atoms with E-state index in [0.717, 1.165) is 26.1 Å². The molecule has 0 bridgehead atoms. The molecular formula is C9H17ClN4. The number of fused-ring (bicyclic) bond motifs is 1. The standard InChI is InChI=1S/C9H16N4.ClH/c1-2-4-13-5-3-8-7(6-13)9(10)12-11-8;/h2-6H2,1H3,(H3,10,11,12);1H. The van der Waals surface area contributed by atoms with Gasteiger partial charge in [0, 0.05) is 30.8 Å². The largest absolute Gasteiger partial charge is 0.382 e. The number of rotatable bonds is 2. The van der Waals surface area contributed by atoms with Crippen molar-refractivity contribution < 1.29 is 0 Å². The SMILES string of the molecule is CCCN1CCc2[nH]nc(N)c2C1.Cl. The number of anilines is 1. The average Bonchev–Trinajstić information content (AvgIpc) is 2.49. The van der Waals surface area contributed by atoms with Crippen LogP contribution in [0.2, 0.25) is 0 Å². The molecule has 1 aliphatic heterocycles. The van der Waals surface area contributed by atoms with E-state index >= 15 is 0 Å². The Balaban J connectivity index is 0.000000980. The summed E-state index contributed by atoms with van der Waals surface area (Å²) in [5.41, 5.74) is 8.19. The third-order valence-corrected chi connectivity index (χ3v) is 2.58. The average molecular weight is 217 g/mol. The van der Waals surface area contributed by atoms with E-state index in [9.17, 15) is 0 Å². The van der Waals surface area contributed by atoms with Crippen molar-refractivity contribution in [2.24, 2.45) is 0 Å². The molecule has 0 aromatic carbocycles. The Labute approximate surface area is 90.3 Å². The summed E-state index contributed by atoms with van der Waals surface area (Å²) in [6.07, 6.45) is 2.26. The van der Waals surface area contributed by atoms with Gasteiger partial charge in [-0.1, -0.05) is 6.92 Å². The van der Waals surface area contributed by atoms with Gasteiger partial charge in [-0.05, 0) is 13.0 Å². The van der Waals surface area contributed by atoms with Crippen LogP contribution in [-0.2, 0) is 13.0 Å². The Kier molecular flexibility index (Phi) is 3.77. The number of aromatic nitrogens is 2. The molecule has 5 heteroatoms. The van der Waals surface area contributed by atoms with E-state index in [4.69, 9.17) is 5.73 Å². The van der Waals surface area contributed by atoms with Crippen LogP contribution in [0.1, 0.15) is 24.6 Å². The lowest BCUT2D eigenvalue weighted by Crippen LogP contribution is -2.31. The summed E-state index contributed by atoms with van der Waals surface area (Å²) in [7, 11) is 0. The number of aromatic amines is 1. The lowest BCUT2D eigenvalue weighted by atomic mass is 10.1. The van der Waals surface area contributed by atoms with Gasteiger partial charge in [0.25, 0.3) is 0 Å². The van der Waals surface area contributed by atoms with Gasteiger partial charge < -0.3 is 5.73 Å². The van der Waals surface area contributed by atoms with Gasteiger partial charge in [0.15, 0.2) is 0 Å². The fourth-order valence-corrected chi connectivity index (χ4v) is 1.88. The van der Waals surface area contributed by atoms with Crippen LogP contribution < -0.4 is 5.73 Å². The molecule has 0 saturated carbocycles. The summed E-state index contributed by atoms with van der Waals surface area (Å²) in [5, 5.41) is 7.01. The second-order valence-electron chi connectivity index (χ2n) is 3.59. The van der Waals surface area contributed by atoms with Gasteiger partial charge in [-0.15, -0.1) is 12.4 Å². The summed E-state index contributed by atoms with van der Waals surface area (Å²) >= 11 is 0. The van der Waals surface area contributed by atoms with Crippen LogP contribution in [-0.4, -0.2) is 28.2 Å². The van der Waals surface area contributed by atoms with Crippen LogP contribution in [0.25, 0.3) is 0 Å². The number of hydrogen-bond acceptors (Lipinski definition) is 3. The van der Waals surface area contributed by atoms with Crippen LogP contribution in [0.3, 0.4) is 0 Å². The smallest absolute Gasteiger partial charge is 0.149 e. The molecule has 1 aromatic rings. The number of H-pyrrole nitrogens is 1. The van der Waals surface area contributed by atoms with Crippen molar-refractivity contribution >= 4 is 18.2 Å². The third-order valence-electron chi connectivity index (χ3n) is 2.58. The van der Waals surface area contributed by atoms with Crippen LogP contribution in [0.4, 0.5) is 5.82 Å². The Bertz CT molecular complexity index is 297. The molecule has 1 aliphatic rings. The number of hydrogen-bond donors (Lipinski definition) is 2. The lowest BCUT2D eigenvalue weighted by Gasteiger charge is -2.25. The van der Waals surface area contributed by atoms with E-state index in [-0.39, 0.29) is 12.4 Å². The monoisotopic (exact) mass is 216 g/mol. The molecule has 0 unspecified atom stereocenters. The predicted molar refractivity (Wildman–Crippen MR) is 59.5 cm³/mol. The second-order valence-corrected chi connectivity index (χ2v) is 3.59. The summed E-state index contributed by atoms with van der Waals surface area (Å²) in [6.45, 7) is 5.45. The Hall–Kier alpha value is -0.740. The molecule has 0 saturated heterocycles. The predicted octanol–water partition coefficient (Wildman–Crippen LogP) is 1.18. The fraction of sp³-hybridized carbons (Fsp3) is 0.667. The van der Waals surface area contributed by atoms with Crippen molar-refractivity contribution in [2.75, 3.05) is 18.8 Å². The zero-order chi connectivity index (χ0) is 9.26. The number of nitrogens with zero attached hydrogens (tertiary/aromatic N) is 2. The number of nitrogen functional groups attached to an aromatic ring is 1. The topological polar surface area (TPSA) is 57.9 Å². The summed E-state index contributed by atoms with van der Waals surface area (Å²) in [4.78, 5) is 2.42. The molecule has 3 N–H and O–H groups in total. The minimum atomic E-state index is 0. The van der Waals surface area contributed by atoms with E-state index in [1.165, 1.54) is 17.7 Å². The van der Waals surface area contributed by atoms with Gasteiger partial charge in [0.2, 0.25) is 0 Å². The van der Waals surface area contributed by atoms with E-state index in [1.807, 2.05) is 0 Å². The molecule has 14 heavy (non-hydrogen) atoms. The van der Waals surface area contributed by atoms with Crippen molar-refractivity contribution in [3.63, 3.8) is 0 Å². The summed E-state index contributed by atoms with van der Waals surface area (Å²) in [6, 6.07) is 0. The molecule has 0 radical (unpaired) electrons. The molecule has 0 fully saturated rings. The van der Waals surface area contributed by atoms with Gasteiger partial charge in [-0.3, -0.25) is 10.00 Å². The Morgan fingerprint density at radius 1 is 1.57 bits per heavy atom. The van der Waals surface area contributed by atoms with Gasteiger partial charge in [0.1, 0.15) is 5.82 Å². The maximum atomic E-state index is 5.75. The van der Waals surface area contributed by atoms with Crippen molar-refractivity contribution in [3.8, 4) is 0 Å². The minimum absolute atomic E-state index is 0. The quantitative estimate of drug-likeness (QED) is 0.781. The highest BCUT2D eigenvalue weighted by molar-refractivity contribution is 5.85. The maximum absolute atomic E-state index is 5.75. The van der Waals surface area contributed by atoms with Gasteiger partial charge >= 0.3 is 0 Å². The first-order valence-corrected chi connectivity index (χ1v) is 4.85. The van der Waals surface area contributed by atoms with Gasteiger partial charge in [-0.2, -0.15) is 5.10 Å². The normalized spacial score (nSPS) is 16.1. The summed E-state index contributed by atoms with van der Waals surface area (Å²) < 4.78 is 0. The van der Waals surface area contributed by atoms with Crippen LogP contribution in [0, 0.1) is 0 Å². The molecular weight excluding hydrogens is 200 g/mol. The van der Waals surface area contributed by atoms with Crippen LogP contribution in [0.5, 0.6) is 0 Å². The van der Waals surface area contributed by atoms with Crippen LogP contribution >= 0.6 is 12.4 Å².